The van der Waals surface area contributed by atoms with Gasteiger partial charge in [-0.25, -0.2) is 0 Å². The number of nitrogens with two attached hydrogens (primary N) is 1. The zero-order valence-electron chi connectivity index (χ0n) is 13.0. The van der Waals surface area contributed by atoms with Gasteiger partial charge in [-0.1, -0.05) is 25.6 Å². The summed E-state index contributed by atoms with van der Waals surface area (Å²) in [6.07, 6.45) is 2.24. The average Bonchev–Trinajstić information content (AvgIpc) is 2.74. The van der Waals surface area contributed by atoms with Crippen molar-refractivity contribution in [1.29, 1.82) is 0 Å². The highest BCUT2D eigenvalue weighted by atomic mass is 32.2. The molecule has 0 bridgehead atoms. The van der Waals surface area contributed by atoms with Crippen molar-refractivity contribution >= 4 is 23.5 Å². The Morgan fingerprint density at radius 3 is 2.57 bits per heavy atom. The van der Waals surface area contributed by atoms with Crippen LogP contribution in [-0.4, -0.2) is 32.2 Å². The van der Waals surface area contributed by atoms with Crippen LogP contribution < -0.4 is 5.73 Å². The Hall–Kier alpha value is -1.37. The SMILES string of the molecule is CC(=O)CCCSc1nnc(CCC(N)=O)n1CC(C)C. The number of carbonyl (C=O) groups excluding carboxylic acids is 2. The molecule has 0 fully saturated rings. The van der Waals surface area contributed by atoms with Gasteiger partial charge in [0.1, 0.15) is 11.6 Å². The van der Waals surface area contributed by atoms with Crippen LogP contribution in [0.4, 0.5) is 0 Å². The third-order valence-electron chi connectivity index (χ3n) is 2.84. The van der Waals surface area contributed by atoms with Gasteiger partial charge in [0.15, 0.2) is 5.16 Å². The second-order valence-corrected chi connectivity index (χ2v) is 6.59. The Labute approximate surface area is 129 Å². The molecule has 0 radical (unpaired) electrons. The van der Waals surface area contributed by atoms with E-state index in [1.165, 1.54) is 0 Å². The lowest BCUT2D eigenvalue weighted by Crippen LogP contribution is -2.15. The van der Waals surface area contributed by atoms with Crippen LogP contribution in [0.25, 0.3) is 0 Å². The van der Waals surface area contributed by atoms with Gasteiger partial charge in [-0.05, 0) is 19.3 Å². The molecule has 0 aliphatic carbocycles. The van der Waals surface area contributed by atoms with Crippen LogP contribution in [0.5, 0.6) is 0 Å². The molecule has 2 N–H and O–H groups in total. The molecule has 0 saturated heterocycles. The number of hydrogen-bond acceptors (Lipinski definition) is 5. The number of amides is 1. The van der Waals surface area contributed by atoms with Crippen LogP contribution in [0.3, 0.4) is 0 Å². The molecule has 7 heteroatoms. The Morgan fingerprint density at radius 2 is 2.00 bits per heavy atom. The fourth-order valence-electron chi connectivity index (χ4n) is 1.88. The van der Waals surface area contributed by atoms with Crippen molar-refractivity contribution in [1.82, 2.24) is 14.8 Å². The third-order valence-corrected chi connectivity index (χ3v) is 3.89. The zero-order chi connectivity index (χ0) is 15.8. The lowest BCUT2D eigenvalue weighted by Gasteiger charge is -2.12. The molecule has 0 spiro atoms. The van der Waals surface area contributed by atoms with E-state index in [4.69, 9.17) is 5.73 Å². The summed E-state index contributed by atoms with van der Waals surface area (Å²) in [5.74, 6) is 1.98. The van der Waals surface area contributed by atoms with Crippen molar-refractivity contribution in [3.63, 3.8) is 0 Å². The summed E-state index contributed by atoms with van der Waals surface area (Å²) >= 11 is 1.61. The summed E-state index contributed by atoms with van der Waals surface area (Å²) in [6, 6.07) is 0. The first-order valence-electron chi connectivity index (χ1n) is 7.22. The molecule has 6 nitrogen and oxygen atoms in total. The molecule has 0 atom stereocenters. The number of aromatic nitrogens is 3. The van der Waals surface area contributed by atoms with Crippen molar-refractivity contribution < 1.29 is 9.59 Å². The number of ketones is 1. The normalized spacial score (nSPS) is 11.0. The van der Waals surface area contributed by atoms with E-state index in [2.05, 4.69) is 28.6 Å². The number of nitrogens with zero attached hydrogens (tertiary/aromatic N) is 3. The predicted molar refractivity (Wildman–Crippen MR) is 83.0 cm³/mol. The van der Waals surface area contributed by atoms with Crippen molar-refractivity contribution in [2.45, 2.75) is 58.2 Å². The van der Waals surface area contributed by atoms with Crippen LogP contribution in [-0.2, 0) is 22.6 Å². The first kappa shape index (κ1) is 17.7. The van der Waals surface area contributed by atoms with E-state index in [1.807, 2.05) is 0 Å². The fourth-order valence-corrected chi connectivity index (χ4v) is 2.78. The highest BCUT2D eigenvalue weighted by Gasteiger charge is 2.14. The molecule has 0 aromatic carbocycles. The van der Waals surface area contributed by atoms with Crippen LogP contribution >= 0.6 is 11.8 Å². The van der Waals surface area contributed by atoms with E-state index >= 15 is 0 Å². The number of carbonyl (C=O) groups is 2. The van der Waals surface area contributed by atoms with Crippen molar-refractivity contribution in [3.05, 3.63) is 5.82 Å². The lowest BCUT2D eigenvalue weighted by atomic mass is 10.2. The largest absolute Gasteiger partial charge is 0.370 e. The van der Waals surface area contributed by atoms with Gasteiger partial charge in [-0.15, -0.1) is 10.2 Å². The minimum atomic E-state index is -0.329. The lowest BCUT2D eigenvalue weighted by molar-refractivity contribution is -0.118. The van der Waals surface area contributed by atoms with Crippen molar-refractivity contribution in [3.8, 4) is 0 Å². The number of Topliss-reactive ketones (excluding diaryl/α,β-unsaturated/α-hetero) is 1. The van der Waals surface area contributed by atoms with Gasteiger partial charge in [-0.2, -0.15) is 0 Å². The van der Waals surface area contributed by atoms with Gasteiger partial charge in [0, 0.05) is 31.6 Å². The first-order valence-corrected chi connectivity index (χ1v) is 8.21. The molecule has 1 aromatic heterocycles. The average molecular weight is 312 g/mol. The quantitative estimate of drug-likeness (QED) is 0.525. The molecule has 1 heterocycles. The molecular formula is C14H24N4O2S. The van der Waals surface area contributed by atoms with E-state index in [-0.39, 0.29) is 18.1 Å². The number of aryl methyl sites for hydroxylation is 1. The van der Waals surface area contributed by atoms with Gasteiger partial charge >= 0.3 is 0 Å². The predicted octanol–water partition coefficient (Wildman–Crippen LogP) is 1.81. The Balaban J connectivity index is 2.68. The van der Waals surface area contributed by atoms with Crippen LogP contribution in [0.1, 0.15) is 45.9 Å². The van der Waals surface area contributed by atoms with Gasteiger partial charge in [0.05, 0.1) is 0 Å². The molecule has 0 aliphatic heterocycles. The maximum Gasteiger partial charge on any atom is 0.217 e. The summed E-state index contributed by atoms with van der Waals surface area (Å²) in [5, 5.41) is 9.23. The smallest absolute Gasteiger partial charge is 0.217 e. The summed E-state index contributed by atoms with van der Waals surface area (Å²) in [7, 11) is 0. The number of hydrogen-bond donors (Lipinski definition) is 1. The monoisotopic (exact) mass is 312 g/mol. The highest BCUT2D eigenvalue weighted by molar-refractivity contribution is 7.99. The first-order chi connectivity index (χ1) is 9.90. The highest BCUT2D eigenvalue weighted by Crippen LogP contribution is 2.20. The van der Waals surface area contributed by atoms with Gasteiger partial charge in [0.25, 0.3) is 0 Å². The third kappa shape index (κ3) is 6.75. The standard InChI is InChI=1S/C14H24N4O2S/c1-10(2)9-18-13(7-6-12(15)20)16-17-14(18)21-8-4-5-11(3)19/h10H,4-9H2,1-3H3,(H2,15,20). The fraction of sp³-hybridized carbons (Fsp3) is 0.714. The van der Waals surface area contributed by atoms with Gasteiger partial charge < -0.3 is 15.1 Å². The van der Waals surface area contributed by atoms with Crippen molar-refractivity contribution in [2.75, 3.05) is 5.75 Å². The summed E-state index contributed by atoms with van der Waals surface area (Å²) in [5.41, 5.74) is 5.19. The maximum absolute atomic E-state index is 10.9. The Bertz CT molecular complexity index is 485. The Morgan fingerprint density at radius 1 is 1.29 bits per heavy atom. The molecule has 1 rings (SSSR count). The molecule has 0 unspecified atom stereocenters. The summed E-state index contributed by atoms with van der Waals surface area (Å²) in [6.45, 7) is 6.67. The summed E-state index contributed by atoms with van der Waals surface area (Å²) < 4.78 is 2.06. The second kappa shape index (κ2) is 8.81. The maximum atomic E-state index is 10.9. The molecule has 0 aliphatic rings. The van der Waals surface area contributed by atoms with E-state index in [0.717, 1.165) is 29.7 Å². The van der Waals surface area contributed by atoms with Crippen LogP contribution in [0.2, 0.25) is 0 Å². The number of primary amides is 1. The van der Waals surface area contributed by atoms with E-state index in [0.29, 0.717) is 18.8 Å². The minimum absolute atomic E-state index is 0.210. The van der Waals surface area contributed by atoms with Crippen molar-refractivity contribution in [2.24, 2.45) is 11.7 Å². The molecule has 21 heavy (non-hydrogen) atoms. The topological polar surface area (TPSA) is 90.9 Å². The molecule has 1 aromatic rings. The van der Waals surface area contributed by atoms with Gasteiger partial charge in [-0.3, -0.25) is 4.79 Å². The van der Waals surface area contributed by atoms with E-state index in [1.54, 1.807) is 18.7 Å². The van der Waals surface area contributed by atoms with Gasteiger partial charge in [0.2, 0.25) is 5.91 Å². The summed E-state index contributed by atoms with van der Waals surface area (Å²) in [4.78, 5) is 21.8. The van der Waals surface area contributed by atoms with Crippen LogP contribution in [0, 0.1) is 5.92 Å². The van der Waals surface area contributed by atoms with Crippen LogP contribution in [0.15, 0.2) is 5.16 Å². The Kier molecular flexibility index (Phi) is 7.42. The molecular weight excluding hydrogens is 288 g/mol. The number of thioether (sulfide) groups is 1. The molecule has 1 amide bonds. The minimum Gasteiger partial charge on any atom is -0.370 e. The molecule has 0 saturated carbocycles. The van der Waals surface area contributed by atoms with E-state index in [9.17, 15) is 9.59 Å². The molecule has 118 valence electrons. The van der Waals surface area contributed by atoms with E-state index < -0.39 is 0 Å². The zero-order valence-corrected chi connectivity index (χ0v) is 13.8. The second-order valence-electron chi connectivity index (χ2n) is 5.52. The number of rotatable bonds is 10.